The van der Waals surface area contributed by atoms with Gasteiger partial charge >= 0.3 is 0 Å². The van der Waals surface area contributed by atoms with E-state index in [4.69, 9.17) is 0 Å². The van der Waals surface area contributed by atoms with E-state index in [1.807, 2.05) is 0 Å². The van der Waals surface area contributed by atoms with E-state index in [0.29, 0.717) is 0 Å². The number of hydrogen-bond acceptors (Lipinski definition) is 0. The minimum atomic E-state index is 0. The summed E-state index contributed by atoms with van der Waals surface area (Å²) in [6.07, 6.45) is 23.1. The van der Waals surface area contributed by atoms with Gasteiger partial charge in [-0.2, -0.15) is 0 Å². The fourth-order valence-corrected chi connectivity index (χ4v) is 3.25. The van der Waals surface area contributed by atoms with Gasteiger partial charge in [0.2, 0.25) is 0 Å². The Morgan fingerprint density at radius 3 is 1.00 bits per heavy atom. The van der Waals surface area contributed by atoms with E-state index in [0.717, 1.165) is 0 Å². The first-order valence-electron chi connectivity index (χ1n) is 10.6. The van der Waals surface area contributed by atoms with E-state index in [-0.39, 0.29) is 29.5 Å². The predicted molar refractivity (Wildman–Crippen MR) is 102 cm³/mol. The molecule has 1 N–H and O–H groups in total. The Bertz CT molecular complexity index is 182. The molecule has 0 fully saturated rings. The SMILES string of the molecule is CCCCCCCCCC[NH+](C)CCCCCCCCCC.[Cl-].[Cu]. The van der Waals surface area contributed by atoms with Gasteiger partial charge in [0.15, 0.2) is 0 Å². The molecule has 0 aliphatic rings. The molecule has 0 aromatic rings. The van der Waals surface area contributed by atoms with Gasteiger partial charge in [0, 0.05) is 17.1 Å². The van der Waals surface area contributed by atoms with Gasteiger partial charge in [0.25, 0.3) is 0 Å². The minimum Gasteiger partial charge on any atom is -1.00 e. The van der Waals surface area contributed by atoms with Crippen LogP contribution in [-0.2, 0) is 17.1 Å². The monoisotopic (exact) mass is 410 g/mol. The molecule has 0 unspecified atom stereocenters. The number of quaternary nitrogens is 1. The Morgan fingerprint density at radius 1 is 0.458 bits per heavy atom. The summed E-state index contributed by atoms with van der Waals surface area (Å²) in [6.45, 7) is 7.38. The van der Waals surface area contributed by atoms with Crippen LogP contribution in [0.5, 0.6) is 0 Å². The maximum Gasteiger partial charge on any atom is 0.0768 e. The van der Waals surface area contributed by atoms with Crippen LogP contribution in [0.1, 0.15) is 117 Å². The normalized spacial score (nSPS) is 10.5. The Hall–Kier alpha value is 0.769. The molecule has 0 rings (SSSR count). The van der Waals surface area contributed by atoms with Crippen molar-refractivity contribution in [3.63, 3.8) is 0 Å². The van der Waals surface area contributed by atoms with Crippen LogP contribution >= 0.6 is 0 Å². The Labute approximate surface area is 171 Å². The zero-order chi connectivity index (χ0) is 16.3. The Kier molecular flexibility index (Phi) is 32.0. The summed E-state index contributed by atoms with van der Waals surface area (Å²) in [4.78, 5) is 1.76. The van der Waals surface area contributed by atoms with Crippen molar-refractivity contribution in [2.75, 3.05) is 20.1 Å². The molecule has 0 aromatic heterocycles. The maximum absolute atomic E-state index is 2.39. The molecular weight excluding hydrogens is 365 g/mol. The number of rotatable bonds is 18. The van der Waals surface area contributed by atoms with Crippen molar-refractivity contribution in [2.45, 2.75) is 117 Å². The molecule has 0 aliphatic carbocycles. The van der Waals surface area contributed by atoms with Crippen LogP contribution in [-0.4, -0.2) is 20.1 Å². The predicted octanol–water partition coefficient (Wildman–Crippen LogP) is 2.78. The van der Waals surface area contributed by atoms with Crippen molar-refractivity contribution >= 4 is 0 Å². The first kappa shape index (κ1) is 29.5. The van der Waals surface area contributed by atoms with E-state index in [9.17, 15) is 0 Å². The third kappa shape index (κ3) is 25.0. The molecule has 1 radical (unpaired) electrons. The first-order valence-corrected chi connectivity index (χ1v) is 10.6. The third-order valence-corrected chi connectivity index (χ3v) is 4.91. The molecule has 153 valence electrons. The molecule has 0 aliphatic heterocycles. The number of unbranched alkanes of at least 4 members (excludes halogenated alkanes) is 14. The molecular formula is C21H46ClCuN. The molecule has 0 heterocycles. The zero-order valence-corrected chi connectivity index (χ0v) is 18.6. The molecule has 1 nitrogen and oxygen atoms in total. The molecule has 3 heteroatoms. The molecule has 0 atom stereocenters. The topological polar surface area (TPSA) is 4.44 Å². The summed E-state index contributed by atoms with van der Waals surface area (Å²) >= 11 is 0. The average Bonchev–Trinajstić information content (AvgIpc) is 2.52. The molecule has 0 amide bonds. The second-order valence-electron chi connectivity index (χ2n) is 7.41. The van der Waals surface area contributed by atoms with E-state index in [1.54, 1.807) is 4.90 Å². The minimum absolute atomic E-state index is 0. The fourth-order valence-electron chi connectivity index (χ4n) is 3.25. The van der Waals surface area contributed by atoms with E-state index >= 15 is 0 Å². The van der Waals surface area contributed by atoms with Crippen molar-refractivity contribution in [2.24, 2.45) is 0 Å². The van der Waals surface area contributed by atoms with E-state index < -0.39 is 0 Å². The molecule has 0 spiro atoms. The first-order chi connectivity index (χ1) is 10.8. The van der Waals surface area contributed by atoms with Gasteiger partial charge in [0.1, 0.15) is 0 Å². The molecule has 0 saturated carbocycles. The fraction of sp³-hybridized carbons (Fsp3) is 1.00. The van der Waals surface area contributed by atoms with Crippen LogP contribution in [0.25, 0.3) is 0 Å². The summed E-state index contributed by atoms with van der Waals surface area (Å²) < 4.78 is 0. The van der Waals surface area contributed by atoms with Gasteiger partial charge in [-0.25, -0.2) is 0 Å². The average molecular weight is 412 g/mol. The van der Waals surface area contributed by atoms with E-state index in [1.165, 1.54) is 116 Å². The van der Waals surface area contributed by atoms with Crippen molar-refractivity contribution in [3.05, 3.63) is 0 Å². The standard InChI is InChI=1S/C21H45N.ClH.Cu/c1-4-6-8-10-12-14-16-18-20-22(3)21-19-17-15-13-11-9-7-5-2;;/h4-21H2,1-3H3;1H;. The van der Waals surface area contributed by atoms with Crippen LogP contribution in [0.2, 0.25) is 0 Å². The van der Waals surface area contributed by atoms with Crippen molar-refractivity contribution in [3.8, 4) is 0 Å². The van der Waals surface area contributed by atoms with Crippen molar-refractivity contribution in [1.29, 1.82) is 0 Å². The summed E-state index contributed by atoms with van der Waals surface area (Å²) in [6, 6.07) is 0. The molecule has 0 saturated heterocycles. The van der Waals surface area contributed by atoms with E-state index in [2.05, 4.69) is 20.9 Å². The van der Waals surface area contributed by atoms with Crippen molar-refractivity contribution in [1.82, 2.24) is 0 Å². The van der Waals surface area contributed by atoms with Crippen LogP contribution in [0.15, 0.2) is 0 Å². The van der Waals surface area contributed by atoms with Gasteiger partial charge in [-0.1, -0.05) is 90.9 Å². The van der Waals surface area contributed by atoms with Crippen LogP contribution in [0.4, 0.5) is 0 Å². The summed E-state index contributed by atoms with van der Waals surface area (Å²) in [5.74, 6) is 0. The summed E-state index contributed by atoms with van der Waals surface area (Å²) in [5.41, 5.74) is 0. The number of halogens is 1. The molecule has 0 aromatic carbocycles. The number of nitrogens with one attached hydrogen (secondary N) is 1. The zero-order valence-electron chi connectivity index (χ0n) is 16.9. The molecule has 0 bridgehead atoms. The van der Waals surface area contributed by atoms with Gasteiger partial charge in [-0.3, -0.25) is 0 Å². The second-order valence-corrected chi connectivity index (χ2v) is 7.41. The van der Waals surface area contributed by atoms with Gasteiger partial charge < -0.3 is 17.3 Å². The number of hydrogen-bond donors (Lipinski definition) is 1. The van der Waals surface area contributed by atoms with Gasteiger partial charge in [-0.05, 0) is 25.7 Å². The van der Waals surface area contributed by atoms with Gasteiger partial charge in [-0.15, -0.1) is 0 Å². The van der Waals surface area contributed by atoms with Crippen LogP contribution in [0.3, 0.4) is 0 Å². The van der Waals surface area contributed by atoms with Crippen molar-refractivity contribution < 1.29 is 34.4 Å². The maximum atomic E-state index is 2.39. The summed E-state index contributed by atoms with van der Waals surface area (Å²) in [7, 11) is 2.39. The quantitative estimate of drug-likeness (QED) is 0.261. The summed E-state index contributed by atoms with van der Waals surface area (Å²) in [5, 5.41) is 0. The second kappa shape index (κ2) is 26.0. The van der Waals surface area contributed by atoms with Crippen LogP contribution < -0.4 is 17.3 Å². The van der Waals surface area contributed by atoms with Gasteiger partial charge in [0.05, 0.1) is 20.1 Å². The smallest absolute Gasteiger partial charge is 0.0768 e. The Balaban J connectivity index is -0.00000220. The molecule has 24 heavy (non-hydrogen) atoms. The largest absolute Gasteiger partial charge is 1.00 e. The van der Waals surface area contributed by atoms with Crippen LogP contribution in [0, 0.1) is 0 Å². The Morgan fingerprint density at radius 2 is 0.708 bits per heavy atom. The third-order valence-electron chi connectivity index (χ3n) is 4.91.